The fraction of sp³-hybridized carbons (Fsp3) is 0.762. The van der Waals surface area contributed by atoms with Crippen molar-refractivity contribution in [2.24, 2.45) is 5.92 Å². The van der Waals surface area contributed by atoms with Crippen molar-refractivity contribution < 1.29 is 9.53 Å². The van der Waals surface area contributed by atoms with Crippen molar-refractivity contribution in [3.05, 3.63) is 23.8 Å². The average molecular weight is 347 g/mol. The number of amides is 1. The van der Waals surface area contributed by atoms with E-state index in [-0.39, 0.29) is 11.8 Å². The van der Waals surface area contributed by atoms with E-state index in [1.165, 1.54) is 31.4 Å². The molecule has 0 unspecified atom stereocenters. The lowest BCUT2D eigenvalue weighted by molar-refractivity contribution is -0.137. The number of carbonyl (C=O) groups is 1. The highest BCUT2D eigenvalue weighted by atomic mass is 16.5. The van der Waals surface area contributed by atoms with E-state index in [9.17, 15) is 4.79 Å². The van der Waals surface area contributed by atoms with Gasteiger partial charge < -0.3 is 9.64 Å². The second-order valence-electron chi connectivity index (χ2n) is 8.04. The number of likely N-dealkylation sites (tertiary alicyclic amines) is 1. The monoisotopic (exact) mass is 346 g/mol. The van der Waals surface area contributed by atoms with Crippen molar-refractivity contribution in [3.8, 4) is 0 Å². The summed E-state index contributed by atoms with van der Waals surface area (Å²) in [4.78, 5) is 16.7. The van der Waals surface area contributed by atoms with E-state index in [4.69, 9.17) is 4.74 Å². The maximum absolute atomic E-state index is 12.1. The number of hydrogen-bond donors (Lipinski definition) is 0. The van der Waals surface area contributed by atoms with E-state index < -0.39 is 0 Å². The highest BCUT2D eigenvalue weighted by Crippen LogP contribution is 2.22. The zero-order chi connectivity index (χ0) is 17.6. The summed E-state index contributed by atoms with van der Waals surface area (Å²) < 4.78 is 6.20. The number of allylic oxidation sites excluding steroid dienone is 1. The Labute approximate surface area is 152 Å². The van der Waals surface area contributed by atoms with Crippen LogP contribution in [0, 0.1) is 5.92 Å². The predicted molar refractivity (Wildman–Crippen MR) is 101 cm³/mol. The fourth-order valence-corrected chi connectivity index (χ4v) is 4.16. The van der Waals surface area contributed by atoms with Crippen molar-refractivity contribution >= 4 is 5.91 Å². The van der Waals surface area contributed by atoms with Gasteiger partial charge in [0.15, 0.2) is 0 Å². The molecular formula is C21H34N2O2. The molecule has 4 heteroatoms. The van der Waals surface area contributed by atoms with E-state index >= 15 is 0 Å². The molecule has 0 radical (unpaired) electrons. The lowest BCUT2D eigenvalue weighted by Gasteiger charge is -2.36. The van der Waals surface area contributed by atoms with Gasteiger partial charge in [0.1, 0.15) is 0 Å². The van der Waals surface area contributed by atoms with Crippen LogP contribution in [0.4, 0.5) is 0 Å². The quantitative estimate of drug-likeness (QED) is 0.715. The number of carbonyl (C=O) groups excluding carboxylic acids is 1. The van der Waals surface area contributed by atoms with Crippen molar-refractivity contribution in [2.75, 3.05) is 32.8 Å². The van der Waals surface area contributed by atoms with Crippen LogP contribution in [-0.2, 0) is 9.53 Å². The molecule has 0 aromatic carbocycles. The summed E-state index contributed by atoms with van der Waals surface area (Å²) >= 11 is 0. The lowest BCUT2D eigenvalue weighted by atomic mass is 9.99. The maximum Gasteiger partial charge on any atom is 0.225 e. The van der Waals surface area contributed by atoms with E-state index in [0.717, 1.165) is 45.5 Å². The van der Waals surface area contributed by atoms with Crippen LogP contribution in [0.3, 0.4) is 0 Å². The summed E-state index contributed by atoms with van der Waals surface area (Å²) in [6, 6.07) is 0.628. The lowest BCUT2D eigenvalue weighted by Crippen LogP contribution is -2.43. The minimum atomic E-state index is 0.102. The minimum absolute atomic E-state index is 0.102. The molecule has 0 saturated carbocycles. The Kier molecular flexibility index (Phi) is 6.71. The minimum Gasteiger partial charge on any atom is -0.374 e. The molecule has 3 aliphatic rings. The van der Waals surface area contributed by atoms with Gasteiger partial charge in [-0.25, -0.2) is 0 Å². The van der Waals surface area contributed by atoms with E-state index in [0.29, 0.717) is 12.1 Å². The van der Waals surface area contributed by atoms with E-state index in [1.54, 1.807) is 0 Å². The van der Waals surface area contributed by atoms with Gasteiger partial charge in [0.25, 0.3) is 0 Å². The fourth-order valence-electron chi connectivity index (χ4n) is 4.16. The van der Waals surface area contributed by atoms with Gasteiger partial charge in [-0.05, 0) is 44.1 Å². The second-order valence-corrected chi connectivity index (χ2v) is 8.04. The summed E-state index contributed by atoms with van der Waals surface area (Å²) in [7, 11) is 0. The van der Waals surface area contributed by atoms with Gasteiger partial charge in [-0.1, -0.05) is 32.1 Å². The highest BCUT2D eigenvalue weighted by molar-refractivity contribution is 5.78. The van der Waals surface area contributed by atoms with Crippen LogP contribution in [0.15, 0.2) is 23.8 Å². The van der Waals surface area contributed by atoms with Crippen LogP contribution in [-0.4, -0.2) is 60.6 Å². The molecule has 4 nitrogen and oxygen atoms in total. The van der Waals surface area contributed by atoms with Gasteiger partial charge in [0.05, 0.1) is 12.7 Å². The first-order chi connectivity index (χ1) is 12.1. The van der Waals surface area contributed by atoms with Crippen LogP contribution in [0.5, 0.6) is 0 Å². The molecule has 0 N–H and O–H groups in total. The first kappa shape index (κ1) is 18.7. The summed E-state index contributed by atoms with van der Waals surface area (Å²) in [5.41, 5.74) is 1.44. The molecule has 0 aromatic rings. The number of piperidine rings is 1. The smallest absolute Gasteiger partial charge is 0.225 e. The molecule has 0 bridgehead atoms. The summed E-state index contributed by atoms with van der Waals surface area (Å²) in [6.45, 7) is 8.64. The van der Waals surface area contributed by atoms with Crippen LogP contribution in [0.2, 0.25) is 0 Å². The molecule has 1 saturated heterocycles. The molecule has 1 atom stereocenters. The molecule has 1 fully saturated rings. The second kappa shape index (κ2) is 9.00. The number of ether oxygens (including phenoxy) is 1. The molecule has 1 amide bonds. The Balaban J connectivity index is 1.40. The third-order valence-electron chi connectivity index (χ3n) is 5.71. The standard InChI is InChI=1S/C21H34N2O2/c1-17(2)21(24)22-13-10-20(11-14-22)25-16-18-7-6-12-23(15-18)19-8-4-3-5-9-19/h4,7-8,17,19-20H,3,5-6,9-16H2,1-2H3/t19-/m1/s1. The first-order valence-electron chi connectivity index (χ1n) is 10.1. The predicted octanol–water partition coefficient (Wildman–Crippen LogP) is 3.39. The molecular weight excluding hydrogens is 312 g/mol. The highest BCUT2D eigenvalue weighted by Gasteiger charge is 2.26. The summed E-state index contributed by atoms with van der Waals surface area (Å²) in [5, 5.41) is 0. The van der Waals surface area contributed by atoms with Crippen LogP contribution in [0.25, 0.3) is 0 Å². The van der Waals surface area contributed by atoms with Crippen LogP contribution >= 0.6 is 0 Å². The number of rotatable bonds is 5. The Bertz CT molecular complexity index is 504. The third-order valence-corrected chi connectivity index (χ3v) is 5.71. The Hall–Kier alpha value is -1.13. The van der Waals surface area contributed by atoms with E-state index in [1.807, 2.05) is 18.7 Å². The van der Waals surface area contributed by atoms with Crippen molar-refractivity contribution in [2.45, 2.75) is 64.5 Å². The third kappa shape index (κ3) is 5.18. The van der Waals surface area contributed by atoms with Gasteiger partial charge in [-0.2, -0.15) is 0 Å². The molecule has 2 heterocycles. The normalized spacial score (nSPS) is 26.1. The van der Waals surface area contributed by atoms with E-state index in [2.05, 4.69) is 23.1 Å². The zero-order valence-electron chi connectivity index (χ0n) is 16.0. The molecule has 25 heavy (non-hydrogen) atoms. The van der Waals surface area contributed by atoms with Crippen molar-refractivity contribution in [1.29, 1.82) is 0 Å². The van der Waals surface area contributed by atoms with Crippen LogP contribution < -0.4 is 0 Å². The van der Waals surface area contributed by atoms with Gasteiger partial charge in [0.2, 0.25) is 5.91 Å². The Morgan fingerprint density at radius 2 is 2.00 bits per heavy atom. The molecule has 1 aliphatic carbocycles. The average Bonchev–Trinajstić information content (AvgIpc) is 2.67. The molecule has 0 aromatic heterocycles. The first-order valence-corrected chi connectivity index (χ1v) is 10.1. The van der Waals surface area contributed by atoms with Gasteiger partial charge >= 0.3 is 0 Å². The summed E-state index contributed by atoms with van der Waals surface area (Å²) in [5.74, 6) is 0.384. The van der Waals surface area contributed by atoms with Crippen molar-refractivity contribution in [1.82, 2.24) is 9.80 Å². The topological polar surface area (TPSA) is 32.8 Å². The molecule has 140 valence electrons. The SMILES string of the molecule is CC(C)C(=O)N1CCC(OCC2=CCCN([C@@H]3C=CCCC3)C2)CC1. The molecule has 0 spiro atoms. The molecule has 3 rings (SSSR count). The largest absolute Gasteiger partial charge is 0.374 e. The van der Waals surface area contributed by atoms with Crippen LogP contribution in [0.1, 0.15) is 52.4 Å². The van der Waals surface area contributed by atoms with Gasteiger partial charge in [-0.15, -0.1) is 0 Å². The molecule has 2 aliphatic heterocycles. The number of nitrogens with zero attached hydrogens (tertiary/aromatic N) is 2. The Morgan fingerprint density at radius 3 is 2.68 bits per heavy atom. The van der Waals surface area contributed by atoms with Crippen molar-refractivity contribution in [3.63, 3.8) is 0 Å². The maximum atomic E-state index is 12.1. The number of hydrogen-bond acceptors (Lipinski definition) is 3. The Morgan fingerprint density at radius 1 is 1.20 bits per heavy atom. The summed E-state index contributed by atoms with van der Waals surface area (Å²) in [6.07, 6.45) is 14.4. The zero-order valence-corrected chi connectivity index (χ0v) is 16.0. The van der Waals surface area contributed by atoms with Gasteiger partial charge in [-0.3, -0.25) is 9.69 Å². The van der Waals surface area contributed by atoms with Gasteiger partial charge in [0, 0.05) is 38.1 Å².